The van der Waals surface area contributed by atoms with Gasteiger partial charge >= 0.3 is 0 Å². The van der Waals surface area contributed by atoms with E-state index in [1.165, 1.54) is 0 Å². The molecule has 1 fully saturated rings. The van der Waals surface area contributed by atoms with Gasteiger partial charge in [-0.25, -0.2) is 0 Å². The first-order chi connectivity index (χ1) is 9.22. The Balaban J connectivity index is 1.67. The summed E-state index contributed by atoms with van der Waals surface area (Å²) in [4.78, 5) is 12.2. The summed E-state index contributed by atoms with van der Waals surface area (Å²) >= 11 is 0. The second-order valence-electron chi connectivity index (χ2n) is 5.15. The second kappa shape index (κ2) is 4.83. The minimum atomic E-state index is -0.644. The van der Waals surface area contributed by atoms with Crippen LogP contribution in [0.5, 0.6) is 5.75 Å². The van der Waals surface area contributed by atoms with Crippen LogP contribution in [0.3, 0.4) is 0 Å². The van der Waals surface area contributed by atoms with Crippen LogP contribution in [0.4, 0.5) is 0 Å². The molecule has 19 heavy (non-hydrogen) atoms. The molecule has 0 aromatic heterocycles. The van der Waals surface area contributed by atoms with E-state index in [2.05, 4.69) is 5.32 Å². The van der Waals surface area contributed by atoms with E-state index >= 15 is 0 Å². The Morgan fingerprint density at radius 3 is 3.00 bits per heavy atom. The lowest BCUT2D eigenvalue weighted by Crippen LogP contribution is -2.55. The molecule has 0 bridgehead atoms. The molecule has 2 heterocycles. The predicted octanol–water partition coefficient (Wildman–Crippen LogP) is 0.258. The van der Waals surface area contributed by atoms with E-state index in [1.54, 1.807) is 0 Å². The quantitative estimate of drug-likeness (QED) is 0.820. The van der Waals surface area contributed by atoms with Crippen molar-refractivity contribution in [1.82, 2.24) is 5.32 Å². The van der Waals surface area contributed by atoms with Gasteiger partial charge in [0.05, 0.1) is 18.8 Å². The van der Waals surface area contributed by atoms with Crippen molar-refractivity contribution >= 4 is 5.91 Å². The molecule has 102 valence electrons. The SMILES string of the molecule is O=C(NC1(CO)CCOC1)C1Cc2ccccc2O1. The van der Waals surface area contributed by atoms with Gasteiger partial charge in [0.25, 0.3) is 5.91 Å². The maximum atomic E-state index is 12.2. The highest BCUT2D eigenvalue weighted by Gasteiger charge is 2.39. The van der Waals surface area contributed by atoms with Crippen LogP contribution in [0.2, 0.25) is 0 Å². The zero-order valence-electron chi connectivity index (χ0n) is 10.6. The van der Waals surface area contributed by atoms with Crippen molar-refractivity contribution in [3.05, 3.63) is 29.8 Å². The van der Waals surface area contributed by atoms with Crippen molar-refractivity contribution in [3.8, 4) is 5.75 Å². The standard InChI is InChI=1S/C14H17NO4/c16-8-14(5-6-18-9-14)15-13(17)12-7-10-3-1-2-4-11(10)19-12/h1-4,12,16H,5-9H2,(H,15,17). The van der Waals surface area contributed by atoms with E-state index < -0.39 is 11.6 Å². The number of ether oxygens (including phenoxy) is 2. The number of benzene rings is 1. The third-order valence-electron chi connectivity index (χ3n) is 3.73. The zero-order chi connectivity index (χ0) is 13.3. The van der Waals surface area contributed by atoms with Crippen LogP contribution in [-0.4, -0.2) is 42.5 Å². The van der Waals surface area contributed by atoms with Gasteiger partial charge in [0.2, 0.25) is 0 Å². The van der Waals surface area contributed by atoms with Crippen molar-refractivity contribution in [3.63, 3.8) is 0 Å². The summed E-state index contributed by atoms with van der Waals surface area (Å²) in [5.74, 6) is 0.583. The molecule has 2 unspecified atom stereocenters. The number of aliphatic hydroxyl groups excluding tert-OH is 1. The molecule has 2 aliphatic rings. The van der Waals surface area contributed by atoms with Gasteiger partial charge in [0, 0.05) is 13.0 Å². The lowest BCUT2D eigenvalue weighted by atomic mass is 9.99. The Morgan fingerprint density at radius 2 is 2.32 bits per heavy atom. The molecule has 2 N–H and O–H groups in total. The molecule has 0 spiro atoms. The van der Waals surface area contributed by atoms with Gasteiger partial charge in [-0.05, 0) is 18.1 Å². The number of amides is 1. The van der Waals surface area contributed by atoms with Gasteiger partial charge in [0.1, 0.15) is 5.75 Å². The van der Waals surface area contributed by atoms with Crippen LogP contribution >= 0.6 is 0 Å². The molecule has 1 amide bonds. The summed E-state index contributed by atoms with van der Waals surface area (Å²) in [6, 6.07) is 7.65. The van der Waals surface area contributed by atoms with Crippen molar-refractivity contribution in [1.29, 1.82) is 0 Å². The number of aliphatic hydroxyl groups is 1. The molecular weight excluding hydrogens is 246 g/mol. The van der Waals surface area contributed by atoms with Gasteiger partial charge in [-0.3, -0.25) is 4.79 Å². The fourth-order valence-corrected chi connectivity index (χ4v) is 2.54. The van der Waals surface area contributed by atoms with E-state index in [4.69, 9.17) is 9.47 Å². The molecule has 0 radical (unpaired) electrons. The van der Waals surface area contributed by atoms with Crippen LogP contribution in [-0.2, 0) is 16.0 Å². The zero-order valence-corrected chi connectivity index (χ0v) is 10.6. The van der Waals surface area contributed by atoms with E-state index in [1.807, 2.05) is 24.3 Å². The molecule has 3 rings (SSSR count). The smallest absolute Gasteiger partial charge is 0.262 e. The van der Waals surface area contributed by atoms with Crippen LogP contribution in [0.1, 0.15) is 12.0 Å². The van der Waals surface area contributed by atoms with Crippen molar-refractivity contribution in [2.24, 2.45) is 0 Å². The number of hydrogen-bond acceptors (Lipinski definition) is 4. The Kier molecular flexibility index (Phi) is 3.16. The highest BCUT2D eigenvalue weighted by molar-refractivity contribution is 5.83. The monoisotopic (exact) mass is 263 g/mol. The lowest BCUT2D eigenvalue weighted by molar-refractivity contribution is -0.129. The molecular formula is C14H17NO4. The maximum absolute atomic E-state index is 12.2. The Hall–Kier alpha value is -1.59. The summed E-state index contributed by atoms with van der Waals surface area (Å²) in [6.45, 7) is 0.805. The van der Waals surface area contributed by atoms with Gasteiger partial charge in [0.15, 0.2) is 6.10 Å². The molecule has 2 atom stereocenters. The van der Waals surface area contributed by atoms with Crippen LogP contribution < -0.4 is 10.1 Å². The number of fused-ring (bicyclic) bond motifs is 1. The first-order valence-electron chi connectivity index (χ1n) is 6.48. The third-order valence-corrected chi connectivity index (χ3v) is 3.73. The minimum Gasteiger partial charge on any atom is -0.480 e. The van der Waals surface area contributed by atoms with Gasteiger partial charge in [-0.1, -0.05) is 18.2 Å². The molecule has 1 aromatic rings. The molecule has 2 aliphatic heterocycles. The number of hydrogen-bond donors (Lipinski definition) is 2. The maximum Gasteiger partial charge on any atom is 0.262 e. The molecule has 0 aliphatic carbocycles. The predicted molar refractivity (Wildman–Crippen MR) is 68.0 cm³/mol. The van der Waals surface area contributed by atoms with Crippen molar-refractivity contribution < 1.29 is 19.4 Å². The van der Waals surface area contributed by atoms with Crippen LogP contribution in [0.25, 0.3) is 0 Å². The molecule has 0 saturated carbocycles. The topological polar surface area (TPSA) is 67.8 Å². The van der Waals surface area contributed by atoms with Crippen molar-refractivity contribution in [2.75, 3.05) is 19.8 Å². The highest BCUT2D eigenvalue weighted by Crippen LogP contribution is 2.29. The first-order valence-corrected chi connectivity index (χ1v) is 6.48. The molecule has 5 heteroatoms. The van der Waals surface area contributed by atoms with Crippen LogP contribution in [0.15, 0.2) is 24.3 Å². The normalized spacial score (nSPS) is 28.8. The summed E-state index contributed by atoms with van der Waals surface area (Å²) in [6.07, 6.45) is 0.695. The summed E-state index contributed by atoms with van der Waals surface area (Å²) in [7, 11) is 0. The van der Waals surface area contributed by atoms with E-state index in [9.17, 15) is 9.90 Å². The fraction of sp³-hybridized carbons (Fsp3) is 0.500. The van der Waals surface area contributed by atoms with Gasteiger partial charge in [-0.2, -0.15) is 0 Å². The summed E-state index contributed by atoms with van der Waals surface area (Å²) in [5.41, 5.74) is 0.401. The number of carbonyl (C=O) groups excluding carboxylic acids is 1. The van der Waals surface area contributed by atoms with Gasteiger partial charge in [-0.15, -0.1) is 0 Å². The molecule has 1 aromatic carbocycles. The van der Waals surface area contributed by atoms with Crippen molar-refractivity contribution in [2.45, 2.75) is 24.5 Å². The largest absolute Gasteiger partial charge is 0.480 e. The Labute approximate surface area is 111 Å². The van der Waals surface area contributed by atoms with E-state index in [-0.39, 0.29) is 12.5 Å². The average molecular weight is 263 g/mol. The van der Waals surface area contributed by atoms with Crippen LogP contribution in [0, 0.1) is 0 Å². The Bertz CT molecular complexity index is 457. The molecule has 1 saturated heterocycles. The number of para-hydroxylation sites is 1. The lowest BCUT2D eigenvalue weighted by Gasteiger charge is -2.27. The Morgan fingerprint density at radius 1 is 1.47 bits per heavy atom. The number of carbonyl (C=O) groups is 1. The summed E-state index contributed by atoms with van der Waals surface area (Å²) < 4.78 is 10.9. The third kappa shape index (κ3) is 2.31. The highest BCUT2D eigenvalue weighted by atomic mass is 16.5. The first kappa shape index (κ1) is 12.4. The van der Waals surface area contributed by atoms with Gasteiger partial charge < -0.3 is 19.9 Å². The van der Waals surface area contributed by atoms with E-state index in [0.29, 0.717) is 26.1 Å². The fourth-order valence-electron chi connectivity index (χ4n) is 2.54. The minimum absolute atomic E-state index is 0.113. The average Bonchev–Trinajstić information content (AvgIpc) is 3.05. The summed E-state index contributed by atoms with van der Waals surface area (Å²) in [5, 5.41) is 12.3. The second-order valence-corrected chi connectivity index (χ2v) is 5.15. The number of rotatable bonds is 3. The van der Waals surface area contributed by atoms with E-state index in [0.717, 1.165) is 11.3 Å². The molecule has 5 nitrogen and oxygen atoms in total. The number of nitrogens with one attached hydrogen (secondary N) is 1.